The lowest BCUT2D eigenvalue weighted by Gasteiger charge is -2.50. The fraction of sp³-hybridized carbons (Fsp3) is 0.529. The van der Waals surface area contributed by atoms with Gasteiger partial charge in [-0.15, -0.1) is 11.8 Å². The smallest absolute Gasteiger partial charge is 0.209 e. The van der Waals surface area contributed by atoms with E-state index in [2.05, 4.69) is 230 Å². The lowest BCUT2D eigenvalue weighted by molar-refractivity contribution is 0.195. The number of fused-ring (bicyclic) bond motifs is 7. The number of rotatable bonds is 3. The number of thioether (sulfide) groups is 1. The molecule has 72 heavy (non-hydrogen) atoms. The van der Waals surface area contributed by atoms with Crippen LogP contribution in [0, 0.1) is 12.3 Å². The number of anilines is 5. The van der Waals surface area contributed by atoms with Crippen molar-refractivity contribution < 1.29 is 0 Å². The first-order valence-corrected chi connectivity index (χ1v) is 29.1. The zero-order valence-corrected chi connectivity index (χ0v) is 48.5. The van der Waals surface area contributed by atoms with Crippen molar-refractivity contribution in [1.82, 2.24) is 0 Å². The van der Waals surface area contributed by atoms with Gasteiger partial charge in [0.1, 0.15) is 0 Å². The summed E-state index contributed by atoms with van der Waals surface area (Å²) in [6.07, 6.45) is 12.3. The van der Waals surface area contributed by atoms with Crippen LogP contribution in [0.1, 0.15) is 218 Å². The van der Waals surface area contributed by atoms with Crippen molar-refractivity contribution in [2.75, 3.05) is 9.80 Å². The molecule has 0 radical (unpaired) electrons. The molecule has 2 aliphatic carbocycles. The van der Waals surface area contributed by atoms with Crippen molar-refractivity contribution in [2.24, 2.45) is 5.41 Å². The van der Waals surface area contributed by atoms with E-state index in [0.29, 0.717) is 6.71 Å². The molecule has 5 aromatic carbocycles. The van der Waals surface area contributed by atoms with Crippen molar-refractivity contribution in [3.8, 4) is 0 Å². The quantitative estimate of drug-likeness (QED) is 0.166. The Morgan fingerprint density at radius 1 is 0.569 bits per heavy atom. The molecule has 0 bridgehead atoms. The lowest BCUT2D eigenvalue weighted by atomic mass is 9.29. The highest BCUT2D eigenvalue weighted by Crippen LogP contribution is 2.69. The van der Waals surface area contributed by atoms with Gasteiger partial charge < -0.3 is 9.80 Å². The standard InChI is InChI=1S/C68H87BN2S/c1-43-36-50-57(45-38-47(62(5,6)7)40-48(39-45)63(8,9)10)59-60(66(15)32-21-23-34-68(66,17)72-59)69-35-30-44-26-28-49(71-54-25-19-18-24-51(54)65(14)31-20-22-33-67(65,71)16)42-55(44)70(56(37-43)58(50)69)53-29-27-46(61(2,3)4)41-52(53)64(11,12)13/h18-19,24-29,36-42,57H,20-23,30-35H2,1-17H3. The number of nitrogens with zero attached hydrogens (tertiary/aromatic N) is 2. The largest absolute Gasteiger partial charge is 0.334 e. The Hall–Kier alpha value is -4.15. The van der Waals surface area contributed by atoms with Crippen LogP contribution in [0.25, 0.3) is 0 Å². The van der Waals surface area contributed by atoms with Gasteiger partial charge in [0.05, 0.1) is 11.2 Å². The molecule has 0 aromatic heterocycles. The fourth-order valence-corrected chi connectivity index (χ4v) is 17.3. The molecule has 11 rings (SSSR count). The van der Waals surface area contributed by atoms with Crippen LogP contribution in [0.5, 0.6) is 0 Å². The molecule has 2 saturated carbocycles. The molecule has 4 aliphatic heterocycles. The van der Waals surface area contributed by atoms with Crippen LogP contribution < -0.4 is 15.3 Å². The van der Waals surface area contributed by atoms with Gasteiger partial charge in [-0.2, -0.15) is 0 Å². The summed E-state index contributed by atoms with van der Waals surface area (Å²) in [5.41, 5.74) is 23.4. The second-order valence-corrected chi connectivity index (χ2v) is 30.4. The summed E-state index contributed by atoms with van der Waals surface area (Å²) in [5, 5.41) is 0. The van der Waals surface area contributed by atoms with Crippen molar-refractivity contribution in [2.45, 2.75) is 225 Å². The summed E-state index contributed by atoms with van der Waals surface area (Å²) in [7, 11) is 0. The Morgan fingerprint density at radius 2 is 1.21 bits per heavy atom. The third-order valence-corrected chi connectivity index (χ3v) is 21.8. The third kappa shape index (κ3) is 7.45. The van der Waals surface area contributed by atoms with E-state index in [4.69, 9.17) is 0 Å². The Labute approximate surface area is 441 Å². The summed E-state index contributed by atoms with van der Waals surface area (Å²) in [6, 6.07) is 37.9. The van der Waals surface area contributed by atoms with E-state index < -0.39 is 0 Å². The van der Waals surface area contributed by atoms with Gasteiger partial charge in [-0.25, -0.2) is 0 Å². The second-order valence-electron chi connectivity index (χ2n) is 28.9. The van der Waals surface area contributed by atoms with E-state index in [1.807, 2.05) is 0 Å². The molecule has 4 heterocycles. The number of hydrogen-bond acceptors (Lipinski definition) is 3. The molecule has 378 valence electrons. The van der Waals surface area contributed by atoms with Crippen LogP contribution in [0.3, 0.4) is 0 Å². The average Bonchev–Trinajstić information content (AvgIpc) is 3.66. The first-order chi connectivity index (χ1) is 33.6. The van der Waals surface area contributed by atoms with Crippen molar-refractivity contribution in [1.29, 1.82) is 0 Å². The van der Waals surface area contributed by atoms with E-state index in [1.165, 1.54) is 124 Å². The molecule has 2 fully saturated rings. The third-order valence-electron chi connectivity index (χ3n) is 20.0. The summed E-state index contributed by atoms with van der Waals surface area (Å²) >= 11 is 2.31. The van der Waals surface area contributed by atoms with Crippen molar-refractivity contribution >= 4 is 52.4 Å². The minimum atomic E-state index is -0.111. The molecular formula is C68H87BN2S. The maximum atomic E-state index is 2.84. The zero-order chi connectivity index (χ0) is 51.5. The number of para-hydroxylation sites is 1. The predicted molar refractivity (Wildman–Crippen MR) is 315 cm³/mol. The SMILES string of the molecule is Cc1cc2c3c(c1)N(c1ccc(C(C)(C)C)cc1C(C)(C)C)c1cc(N4c5ccccc5C5(C)CCCCC45C)ccc1CCB3C1=C(SC3(C)CCCCC13C)C2c1cc(C(C)(C)C)cc(C(C)(C)C)c1. The van der Waals surface area contributed by atoms with Crippen molar-refractivity contribution in [3.05, 3.63) is 151 Å². The van der Waals surface area contributed by atoms with E-state index in [1.54, 1.807) is 21.4 Å². The van der Waals surface area contributed by atoms with Gasteiger partial charge in [0.2, 0.25) is 6.71 Å². The summed E-state index contributed by atoms with van der Waals surface area (Å²) in [6.45, 7) is 42.3. The van der Waals surface area contributed by atoms with E-state index in [0.717, 1.165) is 12.7 Å². The van der Waals surface area contributed by atoms with E-state index in [9.17, 15) is 0 Å². The highest BCUT2D eigenvalue weighted by Gasteiger charge is 2.61. The van der Waals surface area contributed by atoms with Gasteiger partial charge in [0.25, 0.3) is 0 Å². The first-order valence-electron chi connectivity index (χ1n) is 28.3. The van der Waals surface area contributed by atoms with Crippen LogP contribution in [0.4, 0.5) is 28.4 Å². The molecule has 0 spiro atoms. The van der Waals surface area contributed by atoms with Gasteiger partial charge in [-0.3, -0.25) is 0 Å². The second kappa shape index (κ2) is 16.4. The van der Waals surface area contributed by atoms with Gasteiger partial charge in [0, 0.05) is 38.8 Å². The van der Waals surface area contributed by atoms with Crippen molar-refractivity contribution in [3.63, 3.8) is 0 Å². The Morgan fingerprint density at radius 3 is 1.88 bits per heavy atom. The minimum Gasteiger partial charge on any atom is -0.334 e. The Kier molecular flexibility index (Phi) is 11.4. The molecule has 0 N–H and O–H groups in total. The summed E-state index contributed by atoms with van der Waals surface area (Å²) in [4.78, 5) is 7.34. The first kappa shape index (κ1) is 50.0. The molecule has 5 aromatic rings. The molecule has 5 unspecified atom stereocenters. The van der Waals surface area contributed by atoms with E-state index >= 15 is 0 Å². The van der Waals surface area contributed by atoms with Crippen LogP contribution >= 0.6 is 11.8 Å². The highest BCUT2D eigenvalue weighted by atomic mass is 32.2. The molecule has 5 atom stereocenters. The molecule has 6 aliphatic rings. The molecule has 0 amide bonds. The number of allylic oxidation sites excluding steroid dienone is 2. The van der Waals surface area contributed by atoms with Crippen LogP contribution in [0.2, 0.25) is 6.32 Å². The Bertz CT molecular complexity index is 3020. The molecular weight excluding hydrogens is 888 g/mol. The van der Waals surface area contributed by atoms with E-state index in [-0.39, 0.29) is 48.7 Å². The normalized spacial score (nSPS) is 27.1. The topological polar surface area (TPSA) is 6.48 Å². The number of aryl methyl sites for hydroxylation is 2. The molecule has 0 saturated heterocycles. The minimum absolute atomic E-state index is 0.0173. The van der Waals surface area contributed by atoms with Gasteiger partial charge in [-0.05, 0) is 171 Å². The summed E-state index contributed by atoms with van der Waals surface area (Å²) < 4.78 is 0.159. The van der Waals surface area contributed by atoms with Gasteiger partial charge in [-0.1, -0.05) is 195 Å². The zero-order valence-electron chi connectivity index (χ0n) is 47.7. The molecule has 2 nitrogen and oxygen atoms in total. The maximum absolute atomic E-state index is 2.84. The average molecular weight is 975 g/mol. The van der Waals surface area contributed by atoms with Crippen LogP contribution in [-0.2, 0) is 33.5 Å². The Balaban J connectivity index is 1.24. The predicted octanol–water partition coefficient (Wildman–Crippen LogP) is 18.7. The maximum Gasteiger partial charge on any atom is 0.209 e. The lowest BCUT2D eigenvalue weighted by Crippen LogP contribution is -2.54. The molecule has 4 heteroatoms. The monoisotopic (exact) mass is 975 g/mol. The number of benzene rings is 5. The summed E-state index contributed by atoms with van der Waals surface area (Å²) in [5.74, 6) is 0.167. The number of hydrogen-bond donors (Lipinski definition) is 0. The van der Waals surface area contributed by atoms with Crippen LogP contribution in [0.15, 0.2) is 101 Å². The fourth-order valence-electron chi connectivity index (χ4n) is 15.3. The van der Waals surface area contributed by atoms with Crippen LogP contribution in [-0.4, -0.2) is 17.0 Å². The highest BCUT2D eigenvalue weighted by molar-refractivity contribution is 8.04. The van der Waals surface area contributed by atoms with Gasteiger partial charge >= 0.3 is 0 Å². The van der Waals surface area contributed by atoms with Gasteiger partial charge in [0.15, 0.2) is 0 Å².